The normalized spacial score (nSPS) is 37.0. The molecule has 0 aromatic carbocycles. The first-order valence-corrected chi connectivity index (χ1v) is 7.09. The molecule has 0 amide bonds. The van der Waals surface area contributed by atoms with Gasteiger partial charge < -0.3 is 14.9 Å². The molecule has 0 unspecified atom stereocenters. The van der Waals surface area contributed by atoms with Gasteiger partial charge in [-0.2, -0.15) is 0 Å². The molecule has 2 rings (SSSR count). The number of halogens is 2. The molecule has 7 nitrogen and oxygen atoms in total. The Morgan fingerprint density at radius 1 is 1.65 bits per heavy atom. The fraction of sp³-hybridized carbons (Fsp3) is 0.455. The number of H-pyrrole nitrogens is 1. The molecule has 20 heavy (non-hydrogen) atoms. The van der Waals surface area contributed by atoms with Crippen LogP contribution >= 0.6 is 22.6 Å². The lowest BCUT2D eigenvalue weighted by Crippen LogP contribution is -2.49. The van der Waals surface area contributed by atoms with Crippen molar-refractivity contribution in [3.63, 3.8) is 0 Å². The van der Waals surface area contributed by atoms with Gasteiger partial charge in [0.25, 0.3) is 5.56 Å². The number of aromatic amines is 1. The molecule has 2 heterocycles. The lowest BCUT2D eigenvalue weighted by molar-refractivity contribution is -0.169. The second-order valence-corrected chi connectivity index (χ2v) is 5.16. The Balaban J connectivity index is 2.58. The molecule has 1 aromatic rings. The predicted molar refractivity (Wildman–Crippen MR) is 75.3 cm³/mol. The summed E-state index contributed by atoms with van der Waals surface area (Å²) in [6, 6.07) is 1.02. The van der Waals surface area contributed by atoms with Gasteiger partial charge in [0.15, 0.2) is 17.9 Å². The molecule has 110 valence electrons. The third kappa shape index (κ3) is 2.14. The number of nitrogens with zero attached hydrogens (tertiary/aromatic N) is 1. The minimum absolute atomic E-state index is 0.267. The van der Waals surface area contributed by atoms with Crippen LogP contribution in [0.1, 0.15) is 6.23 Å². The van der Waals surface area contributed by atoms with Gasteiger partial charge >= 0.3 is 5.69 Å². The third-order valence-corrected chi connectivity index (χ3v) is 4.20. The van der Waals surface area contributed by atoms with Crippen LogP contribution in [0.3, 0.4) is 0 Å². The Morgan fingerprint density at radius 3 is 2.80 bits per heavy atom. The highest BCUT2D eigenvalue weighted by molar-refractivity contribution is 14.1. The molecule has 4 atom stereocenters. The van der Waals surface area contributed by atoms with Crippen LogP contribution in [0, 0.1) is 0 Å². The molecule has 0 saturated carbocycles. The van der Waals surface area contributed by atoms with E-state index < -0.39 is 35.0 Å². The van der Waals surface area contributed by atoms with E-state index in [0.29, 0.717) is 0 Å². The van der Waals surface area contributed by atoms with Crippen LogP contribution < -0.4 is 11.2 Å². The summed E-state index contributed by atoms with van der Waals surface area (Å²) in [7, 11) is 0. The summed E-state index contributed by atoms with van der Waals surface area (Å²) >= 11 is 1.65. The summed E-state index contributed by atoms with van der Waals surface area (Å²) in [5, 5.41) is 20.3. The summed E-state index contributed by atoms with van der Waals surface area (Å²) in [5.41, 5.74) is -3.75. The van der Waals surface area contributed by atoms with Crippen molar-refractivity contribution < 1.29 is 19.3 Å². The van der Waals surface area contributed by atoms with Gasteiger partial charge in [-0.3, -0.25) is 14.3 Å². The number of aliphatic hydroxyl groups excluding tert-OH is 1. The molecule has 1 saturated heterocycles. The first-order valence-electron chi connectivity index (χ1n) is 5.56. The lowest BCUT2D eigenvalue weighted by Gasteiger charge is -2.28. The Hall–Kier alpha value is -1.04. The van der Waals surface area contributed by atoms with E-state index in [9.17, 15) is 24.2 Å². The molecular formula is C11H12FIN2O5. The van der Waals surface area contributed by atoms with Gasteiger partial charge in [-0.25, -0.2) is 9.18 Å². The van der Waals surface area contributed by atoms with Gasteiger partial charge in [-0.15, -0.1) is 0 Å². The number of nitrogens with one attached hydrogen (secondary N) is 1. The maximum Gasteiger partial charge on any atom is 0.330 e. The van der Waals surface area contributed by atoms with Crippen LogP contribution in [0.25, 0.3) is 0 Å². The van der Waals surface area contributed by atoms with Crippen LogP contribution in [0.5, 0.6) is 0 Å². The van der Waals surface area contributed by atoms with Gasteiger partial charge in [0.2, 0.25) is 5.85 Å². The zero-order valence-electron chi connectivity index (χ0n) is 10.1. The fourth-order valence-electron chi connectivity index (χ4n) is 2.03. The van der Waals surface area contributed by atoms with E-state index in [2.05, 4.69) is 6.58 Å². The molecule has 9 heteroatoms. The Labute approximate surface area is 125 Å². The van der Waals surface area contributed by atoms with Crippen LogP contribution in [0.15, 0.2) is 34.5 Å². The Kier molecular flexibility index (Phi) is 3.88. The first kappa shape index (κ1) is 15.4. The molecule has 0 radical (unpaired) electrons. The smallest absolute Gasteiger partial charge is 0.330 e. The molecule has 0 spiro atoms. The van der Waals surface area contributed by atoms with Gasteiger partial charge in [0.05, 0.1) is 4.43 Å². The number of alkyl halides is 2. The monoisotopic (exact) mass is 398 g/mol. The van der Waals surface area contributed by atoms with Crippen LogP contribution in [-0.2, 0) is 4.74 Å². The average molecular weight is 398 g/mol. The second kappa shape index (κ2) is 5.06. The summed E-state index contributed by atoms with van der Waals surface area (Å²) in [6.07, 6.45) is -1.51. The molecule has 1 aliphatic heterocycles. The van der Waals surface area contributed by atoms with E-state index in [1.807, 2.05) is 4.98 Å². The maximum atomic E-state index is 14.4. The van der Waals surface area contributed by atoms with E-state index in [0.717, 1.165) is 22.9 Å². The highest BCUT2D eigenvalue weighted by Gasteiger charge is 2.63. The van der Waals surface area contributed by atoms with Crippen LogP contribution in [0.4, 0.5) is 4.39 Å². The van der Waals surface area contributed by atoms with E-state index in [1.54, 1.807) is 22.6 Å². The Morgan fingerprint density at radius 2 is 2.30 bits per heavy atom. The van der Waals surface area contributed by atoms with Crippen LogP contribution in [-0.4, -0.2) is 41.8 Å². The number of ether oxygens (including phenoxy) is 1. The van der Waals surface area contributed by atoms with E-state index in [4.69, 9.17) is 4.74 Å². The van der Waals surface area contributed by atoms with Crippen molar-refractivity contribution in [2.45, 2.75) is 23.8 Å². The highest BCUT2D eigenvalue weighted by atomic mass is 127. The predicted octanol–water partition coefficient (Wildman–Crippen LogP) is -0.556. The SMILES string of the molecule is C=C[C@]1(O)[C@H](n2ccc(=O)[nH]c2=O)O[C@](F)(CI)[C@H]1O. The minimum Gasteiger partial charge on any atom is -0.384 e. The van der Waals surface area contributed by atoms with Crippen molar-refractivity contribution in [2.24, 2.45) is 0 Å². The zero-order chi connectivity index (χ0) is 15.1. The number of aliphatic hydroxyl groups is 2. The molecule has 0 aliphatic carbocycles. The zero-order valence-corrected chi connectivity index (χ0v) is 12.3. The van der Waals surface area contributed by atoms with Crippen molar-refractivity contribution in [3.8, 4) is 0 Å². The second-order valence-electron chi connectivity index (χ2n) is 4.40. The van der Waals surface area contributed by atoms with Gasteiger partial charge in [-0.1, -0.05) is 35.2 Å². The third-order valence-electron chi connectivity index (χ3n) is 3.16. The van der Waals surface area contributed by atoms with Crippen molar-refractivity contribution in [1.29, 1.82) is 0 Å². The molecule has 0 bridgehead atoms. The standard InChI is InChI=1S/C11H12FIN2O5/c1-2-10(19)7(17)11(12,5-13)20-8(10)15-4-3-6(16)14-9(15)18/h2-4,7-8,17,19H,1,5H2,(H,14,16,18)/t7-,8+,10+,11+/m0/s1. The van der Waals surface area contributed by atoms with Gasteiger partial charge in [0.1, 0.15) is 0 Å². The largest absolute Gasteiger partial charge is 0.384 e. The Bertz CT molecular complexity index is 646. The summed E-state index contributed by atoms with van der Waals surface area (Å²) in [6.45, 7) is 3.34. The summed E-state index contributed by atoms with van der Waals surface area (Å²) in [4.78, 5) is 24.7. The molecule has 3 N–H and O–H groups in total. The fourth-order valence-corrected chi connectivity index (χ4v) is 2.63. The molecule has 1 aliphatic rings. The summed E-state index contributed by atoms with van der Waals surface area (Å²) < 4.78 is 19.9. The van der Waals surface area contributed by atoms with Crippen molar-refractivity contribution in [2.75, 3.05) is 4.43 Å². The van der Waals surface area contributed by atoms with E-state index in [1.165, 1.54) is 0 Å². The number of rotatable bonds is 3. The summed E-state index contributed by atoms with van der Waals surface area (Å²) in [5.74, 6) is -2.54. The van der Waals surface area contributed by atoms with Crippen molar-refractivity contribution in [1.82, 2.24) is 9.55 Å². The first-order chi connectivity index (χ1) is 9.28. The van der Waals surface area contributed by atoms with Gasteiger partial charge in [0, 0.05) is 12.3 Å². The van der Waals surface area contributed by atoms with E-state index in [-0.39, 0.29) is 4.43 Å². The van der Waals surface area contributed by atoms with Crippen molar-refractivity contribution >= 4 is 22.6 Å². The quantitative estimate of drug-likeness (QED) is 0.360. The van der Waals surface area contributed by atoms with Crippen molar-refractivity contribution in [3.05, 3.63) is 45.8 Å². The average Bonchev–Trinajstić information content (AvgIpc) is 2.62. The van der Waals surface area contributed by atoms with Gasteiger partial charge in [-0.05, 0) is 0 Å². The van der Waals surface area contributed by atoms with Crippen LogP contribution in [0.2, 0.25) is 0 Å². The molecule has 1 aromatic heterocycles. The highest BCUT2D eigenvalue weighted by Crippen LogP contribution is 2.46. The maximum absolute atomic E-state index is 14.4. The lowest BCUT2D eigenvalue weighted by atomic mass is 9.93. The number of aromatic nitrogens is 2. The van der Waals surface area contributed by atoms with E-state index >= 15 is 0 Å². The minimum atomic E-state index is -2.54. The molecular weight excluding hydrogens is 386 g/mol. The number of hydrogen-bond donors (Lipinski definition) is 3. The topological polar surface area (TPSA) is 105 Å². The molecule has 1 fully saturated rings. The number of hydrogen-bond acceptors (Lipinski definition) is 5.